The van der Waals surface area contributed by atoms with Crippen LogP contribution in [0.4, 0.5) is 0 Å². The molecular weight excluding hydrogens is 322 g/mol. The molecule has 2 N–H and O–H groups in total. The van der Waals surface area contributed by atoms with E-state index < -0.39 is 0 Å². The van der Waals surface area contributed by atoms with Gasteiger partial charge in [-0.25, -0.2) is 0 Å². The third kappa shape index (κ3) is 3.96. The quantitative estimate of drug-likeness (QED) is 0.816. The molecule has 0 heterocycles. The second kappa shape index (κ2) is 6.60. The molecule has 1 nitrogen and oxygen atoms in total. The van der Waals surface area contributed by atoms with E-state index in [0.29, 0.717) is 12.0 Å². The van der Waals surface area contributed by atoms with E-state index in [2.05, 4.69) is 41.9 Å². The molecule has 1 aliphatic rings. The Morgan fingerprint density at radius 3 is 2.74 bits per heavy atom. The maximum atomic E-state index is 6.32. The number of hydrogen-bond acceptors (Lipinski definition) is 1. The average molecular weight is 345 g/mol. The molecule has 1 saturated carbocycles. The van der Waals surface area contributed by atoms with Gasteiger partial charge in [0.05, 0.1) is 0 Å². The van der Waals surface area contributed by atoms with Gasteiger partial charge in [-0.3, -0.25) is 0 Å². The van der Waals surface area contributed by atoms with Crippen LogP contribution >= 0.6 is 27.5 Å². The molecule has 0 saturated heterocycles. The zero-order chi connectivity index (χ0) is 14.0. The van der Waals surface area contributed by atoms with Gasteiger partial charge in [0.25, 0.3) is 0 Å². The normalized spacial score (nSPS) is 27.8. The SMILES string of the molecule is CC(C)C1CCC(N)C(Cc2ccc(Br)cc2Cl)C1. The molecule has 0 spiro atoms. The molecule has 3 heteroatoms. The fraction of sp³-hybridized carbons (Fsp3) is 0.625. The van der Waals surface area contributed by atoms with E-state index in [0.717, 1.165) is 34.2 Å². The highest BCUT2D eigenvalue weighted by Crippen LogP contribution is 2.36. The molecule has 0 aromatic heterocycles. The van der Waals surface area contributed by atoms with E-state index in [1.54, 1.807) is 0 Å². The van der Waals surface area contributed by atoms with Crippen molar-refractivity contribution in [3.05, 3.63) is 33.3 Å². The van der Waals surface area contributed by atoms with Crippen LogP contribution in [0, 0.1) is 17.8 Å². The second-order valence-electron chi connectivity index (χ2n) is 6.18. The van der Waals surface area contributed by atoms with Gasteiger partial charge < -0.3 is 5.73 Å². The smallest absolute Gasteiger partial charge is 0.0449 e. The van der Waals surface area contributed by atoms with Gasteiger partial charge in [-0.15, -0.1) is 0 Å². The van der Waals surface area contributed by atoms with Gasteiger partial charge in [-0.2, -0.15) is 0 Å². The van der Waals surface area contributed by atoms with Crippen LogP contribution in [0.2, 0.25) is 5.02 Å². The van der Waals surface area contributed by atoms with Gasteiger partial charge in [0, 0.05) is 15.5 Å². The summed E-state index contributed by atoms with van der Waals surface area (Å²) >= 11 is 9.78. The van der Waals surface area contributed by atoms with Crippen molar-refractivity contribution in [2.45, 2.75) is 45.6 Å². The Morgan fingerprint density at radius 1 is 1.37 bits per heavy atom. The van der Waals surface area contributed by atoms with Crippen LogP contribution in [0.3, 0.4) is 0 Å². The molecule has 0 amide bonds. The van der Waals surface area contributed by atoms with Crippen molar-refractivity contribution in [1.82, 2.24) is 0 Å². The molecule has 0 bridgehead atoms. The lowest BCUT2D eigenvalue weighted by atomic mass is 9.72. The second-order valence-corrected chi connectivity index (χ2v) is 7.50. The maximum Gasteiger partial charge on any atom is 0.0449 e. The molecule has 1 fully saturated rings. The van der Waals surface area contributed by atoms with Crippen LogP contribution in [-0.2, 0) is 6.42 Å². The van der Waals surface area contributed by atoms with E-state index in [1.165, 1.54) is 18.4 Å². The first-order valence-corrected chi connectivity index (χ1v) is 8.34. The number of hydrogen-bond donors (Lipinski definition) is 1. The Morgan fingerprint density at radius 2 is 2.11 bits per heavy atom. The minimum atomic E-state index is 0.328. The summed E-state index contributed by atoms with van der Waals surface area (Å²) in [5, 5.41) is 0.855. The molecule has 1 aromatic rings. The third-order valence-electron chi connectivity index (χ3n) is 4.52. The van der Waals surface area contributed by atoms with E-state index >= 15 is 0 Å². The van der Waals surface area contributed by atoms with Crippen LogP contribution in [-0.4, -0.2) is 6.04 Å². The molecule has 1 aromatic carbocycles. The topological polar surface area (TPSA) is 26.0 Å². The first-order valence-electron chi connectivity index (χ1n) is 7.17. The van der Waals surface area contributed by atoms with Crippen molar-refractivity contribution in [3.63, 3.8) is 0 Å². The molecule has 3 atom stereocenters. The van der Waals surface area contributed by atoms with Crippen molar-refractivity contribution < 1.29 is 0 Å². The summed E-state index contributed by atoms with van der Waals surface area (Å²) in [6.07, 6.45) is 4.69. The van der Waals surface area contributed by atoms with Crippen LogP contribution < -0.4 is 5.73 Å². The lowest BCUT2D eigenvalue weighted by Crippen LogP contribution is -2.38. The van der Waals surface area contributed by atoms with Crippen molar-refractivity contribution >= 4 is 27.5 Å². The van der Waals surface area contributed by atoms with E-state index in [9.17, 15) is 0 Å². The number of rotatable bonds is 3. The lowest BCUT2D eigenvalue weighted by molar-refractivity contribution is 0.189. The summed E-state index contributed by atoms with van der Waals surface area (Å²) in [4.78, 5) is 0. The Balaban J connectivity index is 2.07. The molecule has 106 valence electrons. The molecule has 2 rings (SSSR count). The molecule has 0 radical (unpaired) electrons. The molecule has 19 heavy (non-hydrogen) atoms. The minimum Gasteiger partial charge on any atom is -0.327 e. The number of benzene rings is 1. The molecule has 3 unspecified atom stereocenters. The highest BCUT2D eigenvalue weighted by molar-refractivity contribution is 9.10. The Kier molecular flexibility index (Phi) is 5.33. The van der Waals surface area contributed by atoms with Gasteiger partial charge in [-0.1, -0.05) is 47.4 Å². The van der Waals surface area contributed by atoms with Gasteiger partial charge in [0.15, 0.2) is 0 Å². The predicted molar refractivity (Wildman–Crippen MR) is 86.5 cm³/mol. The first-order chi connectivity index (χ1) is 8.97. The van der Waals surface area contributed by atoms with Crippen molar-refractivity contribution in [1.29, 1.82) is 0 Å². The summed E-state index contributed by atoms with van der Waals surface area (Å²) in [7, 11) is 0. The molecular formula is C16H23BrClN. The summed E-state index contributed by atoms with van der Waals surface area (Å²) in [6.45, 7) is 4.65. The number of nitrogens with two attached hydrogens (primary N) is 1. The van der Waals surface area contributed by atoms with Gasteiger partial charge >= 0.3 is 0 Å². The fourth-order valence-electron chi connectivity index (χ4n) is 3.13. The maximum absolute atomic E-state index is 6.32. The van der Waals surface area contributed by atoms with Crippen LogP contribution in [0.5, 0.6) is 0 Å². The van der Waals surface area contributed by atoms with Crippen molar-refractivity contribution in [2.24, 2.45) is 23.5 Å². The molecule has 0 aliphatic heterocycles. The fourth-order valence-corrected chi connectivity index (χ4v) is 3.88. The number of halogens is 2. The lowest BCUT2D eigenvalue weighted by Gasteiger charge is -2.36. The summed E-state index contributed by atoms with van der Waals surface area (Å²) in [6, 6.07) is 6.49. The van der Waals surface area contributed by atoms with Crippen LogP contribution in [0.1, 0.15) is 38.7 Å². The first kappa shape index (κ1) is 15.3. The van der Waals surface area contributed by atoms with Gasteiger partial charge in [0.2, 0.25) is 0 Å². The monoisotopic (exact) mass is 343 g/mol. The Bertz CT molecular complexity index is 433. The van der Waals surface area contributed by atoms with E-state index in [4.69, 9.17) is 17.3 Å². The zero-order valence-electron chi connectivity index (χ0n) is 11.7. The highest BCUT2D eigenvalue weighted by Gasteiger charge is 2.30. The van der Waals surface area contributed by atoms with Crippen molar-refractivity contribution in [3.8, 4) is 0 Å². The Hall–Kier alpha value is -0.0500. The summed E-state index contributed by atoms with van der Waals surface area (Å²) < 4.78 is 1.04. The predicted octanol–water partition coefficient (Wildman–Crippen LogP) is 5.04. The van der Waals surface area contributed by atoms with Gasteiger partial charge in [0.1, 0.15) is 0 Å². The summed E-state index contributed by atoms with van der Waals surface area (Å²) in [5.41, 5.74) is 7.55. The largest absolute Gasteiger partial charge is 0.327 e. The standard InChI is InChI=1S/C16H23BrClN/c1-10(2)11-4-6-16(19)13(7-11)8-12-3-5-14(17)9-15(12)18/h3,5,9-11,13,16H,4,6-8,19H2,1-2H3. The minimum absolute atomic E-state index is 0.328. The van der Waals surface area contributed by atoms with E-state index in [-0.39, 0.29) is 0 Å². The zero-order valence-corrected chi connectivity index (χ0v) is 14.0. The van der Waals surface area contributed by atoms with Gasteiger partial charge in [-0.05, 0) is 61.1 Å². The average Bonchev–Trinajstić information content (AvgIpc) is 2.34. The van der Waals surface area contributed by atoms with E-state index in [1.807, 2.05) is 6.07 Å². The van der Waals surface area contributed by atoms with Crippen molar-refractivity contribution in [2.75, 3.05) is 0 Å². The van der Waals surface area contributed by atoms with Crippen LogP contribution in [0.25, 0.3) is 0 Å². The summed E-state index contributed by atoms with van der Waals surface area (Å²) in [5.74, 6) is 2.15. The Labute approximate surface area is 130 Å². The third-order valence-corrected chi connectivity index (χ3v) is 5.37. The van der Waals surface area contributed by atoms with Crippen LogP contribution in [0.15, 0.2) is 22.7 Å². The molecule has 1 aliphatic carbocycles. The highest BCUT2D eigenvalue weighted by atomic mass is 79.9.